The van der Waals surface area contributed by atoms with Gasteiger partial charge in [-0.3, -0.25) is 9.59 Å². The van der Waals surface area contributed by atoms with Gasteiger partial charge in [-0.15, -0.1) is 0 Å². The van der Waals surface area contributed by atoms with E-state index in [0.717, 1.165) is 5.56 Å². The minimum absolute atomic E-state index is 0.00212. The van der Waals surface area contributed by atoms with E-state index in [4.69, 9.17) is 0 Å². The summed E-state index contributed by atoms with van der Waals surface area (Å²) in [5.74, 6) is 0.0127. The van der Waals surface area contributed by atoms with Gasteiger partial charge >= 0.3 is 0 Å². The minimum Gasteiger partial charge on any atom is -0.355 e. The molecule has 1 amide bonds. The molecule has 0 unspecified atom stereocenters. The lowest BCUT2D eigenvalue weighted by atomic mass is 10.1. The number of aromatic amines is 1. The van der Waals surface area contributed by atoms with Crippen LogP contribution in [0.1, 0.15) is 22.6 Å². The lowest BCUT2D eigenvalue weighted by Crippen LogP contribution is -2.30. The van der Waals surface area contributed by atoms with E-state index >= 15 is 0 Å². The summed E-state index contributed by atoms with van der Waals surface area (Å²) in [4.78, 5) is 30.4. The number of aryl methyl sites for hydroxylation is 2. The number of carbonyl (C=O) groups excluding carboxylic acids is 1. The predicted octanol–water partition coefficient (Wildman–Crippen LogP) is 1.43. The third-order valence-electron chi connectivity index (χ3n) is 3.33. The van der Waals surface area contributed by atoms with Crippen LogP contribution in [0.5, 0.6) is 0 Å². The van der Waals surface area contributed by atoms with Crippen LogP contribution in [0.15, 0.2) is 29.1 Å². The molecule has 1 heterocycles. The fourth-order valence-electron chi connectivity index (χ4n) is 2.18. The molecule has 22 heavy (non-hydrogen) atoms. The van der Waals surface area contributed by atoms with Gasteiger partial charge in [0.15, 0.2) is 0 Å². The zero-order valence-corrected chi connectivity index (χ0v) is 12.6. The molecule has 2 aromatic rings. The molecular formula is C16H18FN3O2. The van der Waals surface area contributed by atoms with Crippen LogP contribution in [0.25, 0.3) is 0 Å². The molecule has 1 aromatic carbocycles. The maximum Gasteiger partial charge on any atom is 0.254 e. The lowest BCUT2D eigenvalue weighted by Gasteiger charge is -2.07. The zero-order chi connectivity index (χ0) is 16.1. The van der Waals surface area contributed by atoms with Gasteiger partial charge in [-0.1, -0.05) is 12.1 Å². The molecule has 0 saturated heterocycles. The van der Waals surface area contributed by atoms with Gasteiger partial charge in [0.2, 0.25) is 5.91 Å². The van der Waals surface area contributed by atoms with E-state index in [1.54, 1.807) is 26.0 Å². The van der Waals surface area contributed by atoms with Crippen molar-refractivity contribution in [2.75, 3.05) is 6.54 Å². The maximum atomic E-state index is 12.8. The summed E-state index contributed by atoms with van der Waals surface area (Å²) in [6.45, 7) is 3.84. The Hall–Kier alpha value is -2.50. The van der Waals surface area contributed by atoms with Crippen LogP contribution in [0.2, 0.25) is 0 Å². The fourth-order valence-corrected chi connectivity index (χ4v) is 2.18. The maximum absolute atomic E-state index is 12.8. The summed E-state index contributed by atoms with van der Waals surface area (Å²) in [6, 6.07) is 6.14. The first kappa shape index (κ1) is 15.9. The average Bonchev–Trinajstić information content (AvgIpc) is 2.45. The highest BCUT2D eigenvalue weighted by Gasteiger charge is 2.11. The van der Waals surface area contributed by atoms with Crippen molar-refractivity contribution in [2.45, 2.75) is 26.7 Å². The Balaban J connectivity index is 1.88. The number of hydrogen-bond donors (Lipinski definition) is 2. The molecule has 5 nitrogen and oxygen atoms in total. The number of nitrogens with one attached hydrogen (secondary N) is 2. The van der Waals surface area contributed by atoms with Crippen LogP contribution in [0.3, 0.4) is 0 Å². The smallest absolute Gasteiger partial charge is 0.254 e. The van der Waals surface area contributed by atoms with E-state index in [1.165, 1.54) is 12.1 Å². The van der Waals surface area contributed by atoms with Gasteiger partial charge in [0.1, 0.15) is 11.6 Å². The van der Waals surface area contributed by atoms with Gasteiger partial charge in [0.25, 0.3) is 5.56 Å². The first-order valence-electron chi connectivity index (χ1n) is 7.03. The van der Waals surface area contributed by atoms with Gasteiger partial charge in [0, 0.05) is 17.8 Å². The number of H-pyrrole nitrogens is 1. The predicted molar refractivity (Wildman–Crippen MR) is 81.1 cm³/mol. The number of amides is 1. The van der Waals surface area contributed by atoms with Crippen LogP contribution in [-0.4, -0.2) is 22.4 Å². The Kier molecular flexibility index (Phi) is 5.04. The summed E-state index contributed by atoms with van der Waals surface area (Å²) in [7, 11) is 0. The molecule has 0 fully saturated rings. The second kappa shape index (κ2) is 6.98. The average molecular weight is 303 g/mol. The SMILES string of the molecule is Cc1nc(C)c(CC(=O)NCCc2ccc(F)cc2)c(=O)[nH]1. The Morgan fingerprint density at radius 2 is 1.95 bits per heavy atom. The van der Waals surface area contributed by atoms with Crippen LogP contribution < -0.4 is 10.9 Å². The van der Waals surface area contributed by atoms with E-state index in [0.29, 0.717) is 30.0 Å². The lowest BCUT2D eigenvalue weighted by molar-refractivity contribution is -0.120. The molecule has 0 atom stereocenters. The fraction of sp³-hybridized carbons (Fsp3) is 0.312. The molecule has 2 N–H and O–H groups in total. The van der Waals surface area contributed by atoms with E-state index < -0.39 is 0 Å². The molecule has 0 bridgehead atoms. The van der Waals surface area contributed by atoms with Gasteiger partial charge in [0.05, 0.1) is 6.42 Å². The van der Waals surface area contributed by atoms with E-state index in [-0.39, 0.29) is 23.7 Å². The molecule has 0 aliphatic carbocycles. The molecule has 2 rings (SSSR count). The molecule has 0 aliphatic heterocycles. The molecule has 1 aromatic heterocycles. The highest BCUT2D eigenvalue weighted by Crippen LogP contribution is 2.03. The van der Waals surface area contributed by atoms with Crippen molar-refractivity contribution in [1.29, 1.82) is 0 Å². The topological polar surface area (TPSA) is 74.8 Å². The van der Waals surface area contributed by atoms with Crippen LogP contribution >= 0.6 is 0 Å². The Labute approximate surface area is 127 Å². The monoisotopic (exact) mass is 303 g/mol. The Morgan fingerprint density at radius 1 is 1.27 bits per heavy atom. The van der Waals surface area contributed by atoms with Crippen molar-refractivity contribution in [2.24, 2.45) is 0 Å². The molecule has 0 spiro atoms. The first-order valence-corrected chi connectivity index (χ1v) is 7.03. The van der Waals surface area contributed by atoms with E-state index in [9.17, 15) is 14.0 Å². The first-order chi connectivity index (χ1) is 10.5. The summed E-state index contributed by atoms with van der Waals surface area (Å²) in [6.07, 6.45) is 0.603. The van der Waals surface area contributed by atoms with Crippen molar-refractivity contribution in [3.05, 3.63) is 63.1 Å². The number of hydrogen-bond acceptors (Lipinski definition) is 3. The minimum atomic E-state index is -0.283. The van der Waals surface area contributed by atoms with Crippen LogP contribution in [0.4, 0.5) is 4.39 Å². The number of halogens is 1. The summed E-state index contributed by atoms with van der Waals surface area (Å²) in [5, 5.41) is 2.75. The highest BCUT2D eigenvalue weighted by molar-refractivity contribution is 5.78. The summed E-state index contributed by atoms with van der Waals surface area (Å²) in [5.41, 5.74) is 1.60. The number of benzene rings is 1. The molecular weight excluding hydrogens is 285 g/mol. The largest absolute Gasteiger partial charge is 0.355 e. The standard InChI is InChI=1S/C16H18FN3O2/c1-10-14(16(22)20-11(2)19-10)9-15(21)18-8-7-12-3-5-13(17)6-4-12/h3-6H,7-9H2,1-2H3,(H,18,21)(H,19,20,22). The van der Waals surface area contributed by atoms with Crippen molar-refractivity contribution in [3.63, 3.8) is 0 Å². The van der Waals surface area contributed by atoms with Crippen molar-refractivity contribution >= 4 is 5.91 Å². The van der Waals surface area contributed by atoms with Crippen LogP contribution in [-0.2, 0) is 17.6 Å². The molecule has 116 valence electrons. The molecule has 0 aliphatic rings. The van der Waals surface area contributed by atoms with Gasteiger partial charge < -0.3 is 10.3 Å². The summed E-state index contributed by atoms with van der Waals surface area (Å²) < 4.78 is 12.8. The number of rotatable bonds is 5. The van der Waals surface area contributed by atoms with Crippen molar-refractivity contribution in [1.82, 2.24) is 15.3 Å². The zero-order valence-electron chi connectivity index (χ0n) is 12.6. The second-order valence-corrected chi connectivity index (χ2v) is 5.12. The van der Waals surface area contributed by atoms with Crippen LogP contribution in [0, 0.1) is 19.7 Å². The normalized spacial score (nSPS) is 10.5. The molecule has 0 saturated carbocycles. The quantitative estimate of drug-likeness (QED) is 0.877. The summed E-state index contributed by atoms with van der Waals surface area (Å²) >= 11 is 0. The van der Waals surface area contributed by atoms with Gasteiger partial charge in [-0.25, -0.2) is 9.37 Å². The Morgan fingerprint density at radius 3 is 2.59 bits per heavy atom. The number of aromatic nitrogens is 2. The van der Waals surface area contributed by atoms with Crippen molar-refractivity contribution in [3.8, 4) is 0 Å². The second-order valence-electron chi connectivity index (χ2n) is 5.12. The van der Waals surface area contributed by atoms with Crippen molar-refractivity contribution < 1.29 is 9.18 Å². The highest BCUT2D eigenvalue weighted by atomic mass is 19.1. The number of nitrogens with zero attached hydrogens (tertiary/aromatic N) is 1. The third kappa shape index (κ3) is 4.25. The molecule has 0 radical (unpaired) electrons. The van der Waals surface area contributed by atoms with Gasteiger partial charge in [-0.05, 0) is 38.0 Å². The van der Waals surface area contributed by atoms with Gasteiger partial charge in [-0.2, -0.15) is 0 Å². The van der Waals surface area contributed by atoms with E-state index in [1.807, 2.05) is 0 Å². The third-order valence-corrected chi connectivity index (χ3v) is 3.33. The Bertz CT molecular complexity index is 723. The number of carbonyl (C=O) groups is 1. The van der Waals surface area contributed by atoms with E-state index in [2.05, 4.69) is 15.3 Å². The molecule has 6 heteroatoms.